The number of nitrogens with one attached hydrogen (secondary N) is 2. The summed E-state index contributed by atoms with van der Waals surface area (Å²) in [5.74, 6) is 0.671. The summed E-state index contributed by atoms with van der Waals surface area (Å²) in [4.78, 5) is 24.9. The van der Waals surface area contributed by atoms with E-state index in [4.69, 9.17) is 9.15 Å². The van der Waals surface area contributed by atoms with E-state index in [9.17, 15) is 9.59 Å². The predicted octanol–water partition coefficient (Wildman–Crippen LogP) is 5.35. The maximum atomic E-state index is 12.7. The summed E-state index contributed by atoms with van der Waals surface area (Å²) < 4.78 is 10.8. The number of hydrogen-bond donors (Lipinski definition) is 2. The van der Waals surface area contributed by atoms with Crippen molar-refractivity contribution in [1.82, 2.24) is 5.32 Å². The van der Waals surface area contributed by atoms with Gasteiger partial charge >= 0.3 is 0 Å². The van der Waals surface area contributed by atoms with Crippen LogP contribution in [0.15, 0.2) is 77.4 Å². The molecule has 1 saturated carbocycles. The largest absolute Gasteiger partial charge is 0.484 e. The van der Waals surface area contributed by atoms with Gasteiger partial charge in [-0.2, -0.15) is 0 Å². The lowest BCUT2D eigenvalue weighted by Crippen LogP contribution is -2.37. The number of hydrogen-bond acceptors (Lipinski definition) is 4. The van der Waals surface area contributed by atoms with Gasteiger partial charge in [0.15, 0.2) is 12.4 Å². The lowest BCUT2D eigenvalue weighted by molar-refractivity contribution is -0.124. The molecule has 6 nitrogen and oxygen atoms in total. The lowest BCUT2D eigenvalue weighted by Gasteiger charge is -2.31. The predicted molar refractivity (Wildman–Crippen MR) is 122 cm³/mol. The molecule has 1 aromatic heterocycles. The van der Waals surface area contributed by atoms with Crippen LogP contribution in [0.2, 0.25) is 0 Å². The van der Waals surface area contributed by atoms with Crippen molar-refractivity contribution in [2.24, 2.45) is 5.92 Å². The molecule has 1 aliphatic rings. The highest BCUT2D eigenvalue weighted by Gasteiger charge is 2.26. The smallest absolute Gasteiger partial charge is 0.291 e. The van der Waals surface area contributed by atoms with E-state index in [1.165, 1.54) is 25.5 Å². The van der Waals surface area contributed by atoms with Crippen LogP contribution in [0.1, 0.15) is 54.3 Å². The van der Waals surface area contributed by atoms with Gasteiger partial charge in [0, 0.05) is 11.8 Å². The molecule has 3 aromatic rings. The van der Waals surface area contributed by atoms with Crippen LogP contribution in [0.4, 0.5) is 5.69 Å². The molecule has 0 saturated heterocycles. The number of furan rings is 1. The van der Waals surface area contributed by atoms with Crippen molar-refractivity contribution in [3.63, 3.8) is 0 Å². The molecule has 0 spiro atoms. The standard InChI is InChI=1S/C26H28N2O4/c29-24(28-25(19-9-3-1-4-10-19)20-11-5-2-6-12-20)18-32-22-14-7-13-21(17-22)27-26(30)23-15-8-16-31-23/h1,3-4,7-10,13-17,20,25H,2,5-6,11-12,18H2,(H,27,30)(H,28,29). The molecule has 2 aromatic carbocycles. The molecule has 2 amide bonds. The minimum Gasteiger partial charge on any atom is -0.484 e. The first kappa shape index (κ1) is 21.7. The van der Waals surface area contributed by atoms with Gasteiger partial charge in [-0.3, -0.25) is 9.59 Å². The fourth-order valence-electron chi connectivity index (χ4n) is 4.23. The Morgan fingerprint density at radius 2 is 1.78 bits per heavy atom. The summed E-state index contributed by atoms with van der Waals surface area (Å²) in [5.41, 5.74) is 1.70. The van der Waals surface area contributed by atoms with Gasteiger partial charge in [0.05, 0.1) is 12.3 Å². The summed E-state index contributed by atoms with van der Waals surface area (Å²) in [6.07, 6.45) is 7.37. The third kappa shape index (κ3) is 5.78. The van der Waals surface area contributed by atoms with Crippen molar-refractivity contribution in [2.75, 3.05) is 11.9 Å². The van der Waals surface area contributed by atoms with Crippen molar-refractivity contribution in [3.8, 4) is 5.75 Å². The van der Waals surface area contributed by atoms with Gasteiger partial charge in [-0.1, -0.05) is 55.7 Å². The molecule has 2 N–H and O–H groups in total. The molecule has 1 atom stereocenters. The van der Waals surface area contributed by atoms with Crippen LogP contribution in [-0.4, -0.2) is 18.4 Å². The van der Waals surface area contributed by atoms with Crippen molar-refractivity contribution >= 4 is 17.5 Å². The number of ether oxygens (including phenoxy) is 1. The molecule has 4 rings (SSSR count). The molecule has 1 fully saturated rings. The molecule has 1 heterocycles. The number of carbonyl (C=O) groups excluding carboxylic acids is 2. The number of carbonyl (C=O) groups is 2. The van der Waals surface area contributed by atoms with Crippen molar-refractivity contribution < 1.29 is 18.7 Å². The number of benzene rings is 2. The Bertz CT molecular complexity index is 1010. The molecule has 1 aliphatic carbocycles. The van der Waals surface area contributed by atoms with Gasteiger partial charge in [0.1, 0.15) is 5.75 Å². The molecule has 0 aliphatic heterocycles. The normalized spacial score (nSPS) is 15.0. The van der Waals surface area contributed by atoms with Gasteiger partial charge < -0.3 is 19.8 Å². The van der Waals surface area contributed by atoms with Crippen LogP contribution in [0.25, 0.3) is 0 Å². The Kier molecular flexibility index (Phi) is 7.23. The summed E-state index contributed by atoms with van der Waals surface area (Å²) in [5, 5.41) is 5.95. The fraction of sp³-hybridized carbons (Fsp3) is 0.308. The van der Waals surface area contributed by atoms with Gasteiger partial charge in [0.2, 0.25) is 0 Å². The zero-order valence-electron chi connectivity index (χ0n) is 18.0. The molecular weight excluding hydrogens is 404 g/mol. The zero-order chi connectivity index (χ0) is 22.2. The summed E-state index contributed by atoms with van der Waals surface area (Å²) >= 11 is 0. The van der Waals surface area contributed by atoms with Crippen LogP contribution in [-0.2, 0) is 4.79 Å². The number of rotatable bonds is 8. The van der Waals surface area contributed by atoms with E-state index >= 15 is 0 Å². The second kappa shape index (κ2) is 10.7. The van der Waals surface area contributed by atoms with Crippen molar-refractivity contribution in [3.05, 3.63) is 84.3 Å². The fourth-order valence-corrected chi connectivity index (χ4v) is 4.23. The average molecular weight is 433 g/mol. The highest BCUT2D eigenvalue weighted by Crippen LogP contribution is 2.34. The third-order valence-electron chi connectivity index (χ3n) is 5.80. The molecule has 0 radical (unpaired) electrons. The minimum absolute atomic E-state index is 0.00785. The molecule has 166 valence electrons. The highest BCUT2D eigenvalue weighted by molar-refractivity contribution is 6.02. The quantitative estimate of drug-likeness (QED) is 0.503. The molecule has 0 bridgehead atoms. The zero-order valence-corrected chi connectivity index (χ0v) is 18.0. The van der Waals surface area contributed by atoms with E-state index in [0.717, 1.165) is 18.4 Å². The van der Waals surface area contributed by atoms with Crippen LogP contribution in [0.5, 0.6) is 5.75 Å². The first-order valence-corrected chi connectivity index (χ1v) is 11.1. The van der Waals surface area contributed by atoms with Crippen LogP contribution in [0.3, 0.4) is 0 Å². The van der Waals surface area contributed by atoms with E-state index in [1.807, 2.05) is 18.2 Å². The van der Waals surface area contributed by atoms with Gasteiger partial charge in [0.25, 0.3) is 11.8 Å². The topological polar surface area (TPSA) is 80.6 Å². The molecule has 6 heteroatoms. The van der Waals surface area contributed by atoms with E-state index in [-0.39, 0.29) is 30.2 Å². The van der Waals surface area contributed by atoms with Crippen LogP contribution in [0, 0.1) is 5.92 Å². The Morgan fingerprint density at radius 3 is 2.53 bits per heavy atom. The molecule has 1 unspecified atom stereocenters. The van der Waals surface area contributed by atoms with Gasteiger partial charge in [-0.05, 0) is 48.6 Å². The van der Waals surface area contributed by atoms with E-state index in [0.29, 0.717) is 17.4 Å². The second-order valence-corrected chi connectivity index (χ2v) is 8.10. The van der Waals surface area contributed by atoms with Crippen molar-refractivity contribution in [2.45, 2.75) is 38.1 Å². The Hall–Kier alpha value is -3.54. The minimum atomic E-state index is -0.344. The van der Waals surface area contributed by atoms with Crippen molar-refractivity contribution in [1.29, 1.82) is 0 Å². The summed E-state index contributed by atoms with van der Waals surface area (Å²) in [7, 11) is 0. The molecular formula is C26H28N2O4. The Morgan fingerprint density at radius 1 is 0.969 bits per heavy atom. The summed E-state index contributed by atoms with van der Waals surface area (Å²) in [6.45, 7) is -0.0916. The Balaban J connectivity index is 1.35. The SMILES string of the molecule is O=C(COc1cccc(NC(=O)c2ccco2)c1)NC(c1ccccc1)C1CCCCC1. The maximum Gasteiger partial charge on any atom is 0.291 e. The Labute approximate surface area is 188 Å². The number of amides is 2. The first-order chi connectivity index (χ1) is 15.7. The monoisotopic (exact) mass is 432 g/mol. The third-order valence-corrected chi connectivity index (χ3v) is 5.80. The first-order valence-electron chi connectivity index (χ1n) is 11.1. The second-order valence-electron chi connectivity index (χ2n) is 8.10. The number of anilines is 1. The van der Waals surface area contributed by atoms with Gasteiger partial charge in [-0.25, -0.2) is 0 Å². The maximum absolute atomic E-state index is 12.7. The summed E-state index contributed by atoms with van der Waals surface area (Å²) in [6, 6.07) is 20.4. The van der Waals surface area contributed by atoms with Gasteiger partial charge in [-0.15, -0.1) is 0 Å². The van der Waals surface area contributed by atoms with E-state index < -0.39 is 0 Å². The van der Waals surface area contributed by atoms with E-state index in [2.05, 4.69) is 22.8 Å². The van der Waals surface area contributed by atoms with Crippen LogP contribution >= 0.6 is 0 Å². The van der Waals surface area contributed by atoms with Crippen LogP contribution < -0.4 is 15.4 Å². The molecule has 32 heavy (non-hydrogen) atoms. The van der Waals surface area contributed by atoms with E-state index in [1.54, 1.807) is 36.4 Å². The lowest BCUT2D eigenvalue weighted by atomic mass is 9.81. The average Bonchev–Trinajstić information content (AvgIpc) is 3.38. The highest BCUT2D eigenvalue weighted by atomic mass is 16.5.